The zero-order valence-corrected chi connectivity index (χ0v) is 16.2. The molecule has 6 heteroatoms. The molecule has 5 nitrogen and oxygen atoms in total. The number of aromatic nitrogens is 4. The first-order valence-corrected chi connectivity index (χ1v) is 10.3. The Morgan fingerprint density at radius 2 is 1.78 bits per heavy atom. The maximum absolute atomic E-state index is 5.82. The van der Waals surface area contributed by atoms with Gasteiger partial charge in [0.05, 0.1) is 16.8 Å². The zero-order valence-electron chi connectivity index (χ0n) is 15.3. The van der Waals surface area contributed by atoms with Crippen molar-refractivity contribution in [1.29, 1.82) is 0 Å². The molecule has 0 saturated heterocycles. The van der Waals surface area contributed by atoms with Gasteiger partial charge >= 0.3 is 0 Å². The first kappa shape index (κ1) is 17.8. The molecule has 138 valence electrons. The molecule has 0 N–H and O–H groups in total. The summed E-state index contributed by atoms with van der Waals surface area (Å²) in [5.41, 5.74) is 3.16. The average Bonchev–Trinajstić information content (AvgIpc) is 3.32. The molecule has 2 aromatic heterocycles. The third kappa shape index (κ3) is 4.06. The second kappa shape index (κ2) is 8.39. The van der Waals surface area contributed by atoms with Gasteiger partial charge in [-0.15, -0.1) is 10.2 Å². The maximum Gasteiger partial charge on any atom is 0.247 e. The Morgan fingerprint density at radius 3 is 2.63 bits per heavy atom. The topological polar surface area (TPSA) is 56.7 Å². The van der Waals surface area contributed by atoms with E-state index in [-0.39, 0.29) is 0 Å². The van der Waals surface area contributed by atoms with Gasteiger partial charge in [-0.05, 0) is 30.7 Å². The first-order chi connectivity index (χ1) is 13.3. The van der Waals surface area contributed by atoms with Crippen LogP contribution in [0.2, 0.25) is 0 Å². The van der Waals surface area contributed by atoms with Crippen LogP contribution in [0, 0.1) is 0 Å². The first-order valence-electron chi connectivity index (χ1n) is 9.31. The second-order valence-electron chi connectivity index (χ2n) is 6.40. The fourth-order valence-corrected chi connectivity index (χ4v) is 3.91. The van der Waals surface area contributed by atoms with Gasteiger partial charge in [-0.25, -0.2) is 4.98 Å². The Hall–Kier alpha value is -2.60. The van der Waals surface area contributed by atoms with E-state index >= 15 is 0 Å². The Bertz CT molecular complexity index is 1010. The van der Waals surface area contributed by atoms with E-state index in [1.54, 1.807) is 11.8 Å². The highest BCUT2D eigenvalue weighted by molar-refractivity contribution is 7.98. The van der Waals surface area contributed by atoms with Crippen molar-refractivity contribution in [2.75, 3.05) is 0 Å². The number of hydrogen-bond donors (Lipinski definition) is 0. The van der Waals surface area contributed by atoms with Crippen molar-refractivity contribution in [2.45, 2.75) is 43.6 Å². The molecule has 0 aliphatic carbocycles. The van der Waals surface area contributed by atoms with E-state index in [9.17, 15) is 0 Å². The number of unbranched alkanes of at least 4 members (excludes halogenated alkanes) is 2. The van der Waals surface area contributed by atoms with Crippen molar-refractivity contribution in [3.8, 4) is 11.5 Å². The highest BCUT2D eigenvalue weighted by Crippen LogP contribution is 2.28. The van der Waals surface area contributed by atoms with Gasteiger partial charge in [-0.1, -0.05) is 61.9 Å². The molecule has 27 heavy (non-hydrogen) atoms. The van der Waals surface area contributed by atoms with Crippen molar-refractivity contribution >= 4 is 22.8 Å². The van der Waals surface area contributed by atoms with Crippen LogP contribution in [0.15, 0.2) is 64.2 Å². The average molecular weight is 379 g/mol. The van der Waals surface area contributed by atoms with Crippen molar-refractivity contribution < 1.29 is 4.42 Å². The Kier molecular flexibility index (Phi) is 5.53. The van der Waals surface area contributed by atoms with Crippen LogP contribution in [0.1, 0.15) is 32.1 Å². The molecule has 2 aromatic carbocycles. The molecule has 0 unspecified atom stereocenters. The Labute approximate surface area is 162 Å². The number of hydrogen-bond acceptors (Lipinski definition) is 5. The quantitative estimate of drug-likeness (QED) is 0.296. The van der Waals surface area contributed by atoms with E-state index in [1.807, 2.05) is 36.4 Å². The Morgan fingerprint density at radius 1 is 0.963 bits per heavy atom. The largest absolute Gasteiger partial charge is 0.420 e. The SMILES string of the molecule is CCCCCn1c(SCc2nnc(-c3ccccc3)o2)nc2ccccc21. The zero-order chi connectivity index (χ0) is 18.5. The van der Waals surface area contributed by atoms with Crippen molar-refractivity contribution in [3.63, 3.8) is 0 Å². The van der Waals surface area contributed by atoms with Crippen molar-refractivity contribution in [1.82, 2.24) is 19.7 Å². The van der Waals surface area contributed by atoms with Gasteiger partial charge in [-0.2, -0.15) is 0 Å². The number of benzene rings is 2. The van der Waals surface area contributed by atoms with Gasteiger partial charge in [0.2, 0.25) is 11.8 Å². The lowest BCUT2D eigenvalue weighted by molar-refractivity contribution is 0.527. The standard InChI is InChI=1S/C21H22N4OS/c1-2-3-9-14-25-18-13-8-7-12-17(18)22-21(25)27-15-19-23-24-20(26-19)16-10-5-4-6-11-16/h4-8,10-13H,2-3,9,14-15H2,1H3. The van der Waals surface area contributed by atoms with Gasteiger partial charge < -0.3 is 8.98 Å². The molecule has 0 saturated carbocycles. The molecule has 0 fully saturated rings. The second-order valence-corrected chi connectivity index (χ2v) is 7.34. The number of nitrogens with zero attached hydrogens (tertiary/aromatic N) is 4. The van der Waals surface area contributed by atoms with Crippen LogP contribution in [0.5, 0.6) is 0 Å². The van der Waals surface area contributed by atoms with Crippen molar-refractivity contribution in [3.05, 3.63) is 60.5 Å². The summed E-state index contributed by atoms with van der Waals surface area (Å²) in [5, 5.41) is 9.37. The van der Waals surface area contributed by atoms with E-state index in [4.69, 9.17) is 9.40 Å². The molecule has 0 radical (unpaired) electrons. The van der Waals surface area contributed by atoms with E-state index < -0.39 is 0 Å². The summed E-state index contributed by atoms with van der Waals surface area (Å²) in [6.45, 7) is 3.21. The molecule has 0 spiro atoms. The van der Waals surface area contributed by atoms with Gasteiger partial charge in [0.1, 0.15) is 0 Å². The summed E-state index contributed by atoms with van der Waals surface area (Å²) >= 11 is 1.65. The summed E-state index contributed by atoms with van der Waals surface area (Å²) in [6.07, 6.45) is 3.59. The number of para-hydroxylation sites is 2. The van der Waals surface area contributed by atoms with Gasteiger partial charge in [0, 0.05) is 12.1 Å². The molecule has 0 bridgehead atoms. The molecule has 2 heterocycles. The molecule has 4 aromatic rings. The number of fused-ring (bicyclic) bond motifs is 1. The molecular formula is C21H22N4OS. The molecule has 0 aliphatic rings. The summed E-state index contributed by atoms with van der Waals surface area (Å²) in [6, 6.07) is 18.1. The number of imidazole rings is 1. The van der Waals surface area contributed by atoms with E-state index in [1.165, 1.54) is 18.4 Å². The lowest BCUT2D eigenvalue weighted by Gasteiger charge is -2.07. The monoisotopic (exact) mass is 378 g/mol. The highest BCUT2D eigenvalue weighted by atomic mass is 32.2. The minimum Gasteiger partial charge on any atom is -0.420 e. The number of rotatable bonds is 8. The maximum atomic E-state index is 5.82. The summed E-state index contributed by atoms with van der Waals surface area (Å²) in [7, 11) is 0. The van der Waals surface area contributed by atoms with Crippen LogP contribution in [-0.4, -0.2) is 19.7 Å². The summed E-state index contributed by atoms with van der Waals surface area (Å²) < 4.78 is 8.13. The van der Waals surface area contributed by atoms with Crippen LogP contribution in [0.3, 0.4) is 0 Å². The number of thioether (sulfide) groups is 1. The normalized spacial score (nSPS) is 11.3. The van der Waals surface area contributed by atoms with Crippen LogP contribution < -0.4 is 0 Å². The molecular weight excluding hydrogens is 356 g/mol. The third-order valence-electron chi connectivity index (χ3n) is 4.42. The summed E-state index contributed by atoms with van der Waals surface area (Å²) in [5.74, 6) is 1.78. The van der Waals surface area contributed by atoms with E-state index in [0.29, 0.717) is 17.5 Å². The third-order valence-corrected chi connectivity index (χ3v) is 5.38. The highest BCUT2D eigenvalue weighted by Gasteiger charge is 2.14. The minimum atomic E-state index is 0.558. The van der Waals surface area contributed by atoms with E-state index in [2.05, 4.69) is 39.9 Å². The molecule has 4 rings (SSSR count). The van der Waals surface area contributed by atoms with Gasteiger partial charge in [0.15, 0.2) is 5.16 Å². The molecule has 0 atom stereocenters. The summed E-state index contributed by atoms with van der Waals surface area (Å²) in [4.78, 5) is 4.81. The van der Waals surface area contributed by atoms with Gasteiger partial charge in [0.25, 0.3) is 0 Å². The predicted octanol–water partition coefficient (Wildman–Crippen LogP) is 5.57. The van der Waals surface area contributed by atoms with Crippen LogP contribution in [0.25, 0.3) is 22.5 Å². The van der Waals surface area contributed by atoms with Crippen molar-refractivity contribution in [2.24, 2.45) is 0 Å². The fraction of sp³-hybridized carbons (Fsp3) is 0.286. The predicted molar refractivity (Wildman–Crippen MR) is 109 cm³/mol. The molecule has 0 amide bonds. The lowest BCUT2D eigenvalue weighted by atomic mass is 10.2. The van der Waals surface area contributed by atoms with Gasteiger partial charge in [-0.3, -0.25) is 0 Å². The van der Waals surface area contributed by atoms with Crippen LogP contribution in [-0.2, 0) is 12.3 Å². The fourth-order valence-electron chi connectivity index (χ4n) is 3.04. The van der Waals surface area contributed by atoms with E-state index in [0.717, 1.165) is 29.2 Å². The van der Waals surface area contributed by atoms with Crippen LogP contribution in [0.4, 0.5) is 0 Å². The molecule has 0 aliphatic heterocycles. The smallest absolute Gasteiger partial charge is 0.247 e. The minimum absolute atomic E-state index is 0.558. The lowest BCUT2D eigenvalue weighted by Crippen LogP contribution is -2.00. The van der Waals surface area contributed by atoms with Crippen LogP contribution >= 0.6 is 11.8 Å². The number of aryl methyl sites for hydroxylation is 1. The Balaban J connectivity index is 1.52.